The summed E-state index contributed by atoms with van der Waals surface area (Å²) in [5.74, 6) is -0.0157. The van der Waals surface area contributed by atoms with Gasteiger partial charge in [-0.1, -0.05) is 18.9 Å². The van der Waals surface area contributed by atoms with Gasteiger partial charge in [-0.2, -0.15) is 5.26 Å². The van der Waals surface area contributed by atoms with Crippen LogP contribution in [0.4, 0.5) is 5.69 Å². The number of hydrogen-bond donors (Lipinski definition) is 4. The highest BCUT2D eigenvalue weighted by Gasteiger charge is 2.51. The summed E-state index contributed by atoms with van der Waals surface area (Å²) in [6.07, 6.45) is 5.01. The molecule has 1 aromatic rings. The van der Waals surface area contributed by atoms with Gasteiger partial charge in [0.05, 0.1) is 17.9 Å². The first-order valence-corrected chi connectivity index (χ1v) is 11.0. The van der Waals surface area contributed by atoms with Crippen molar-refractivity contribution in [1.29, 1.82) is 5.26 Å². The van der Waals surface area contributed by atoms with Gasteiger partial charge in [0.15, 0.2) is 0 Å². The lowest BCUT2D eigenvalue weighted by Crippen LogP contribution is -2.54. The van der Waals surface area contributed by atoms with E-state index in [1.54, 1.807) is 0 Å². The van der Waals surface area contributed by atoms with E-state index in [9.17, 15) is 10.1 Å². The van der Waals surface area contributed by atoms with E-state index >= 15 is 0 Å². The molecule has 0 spiro atoms. The minimum atomic E-state index is -0.161. The third-order valence-corrected chi connectivity index (χ3v) is 7.24. The van der Waals surface area contributed by atoms with Crippen molar-refractivity contribution in [3.8, 4) is 6.07 Å². The zero-order chi connectivity index (χ0) is 20.0. The first kappa shape index (κ1) is 18.9. The van der Waals surface area contributed by atoms with E-state index in [1.165, 1.54) is 11.1 Å². The van der Waals surface area contributed by atoms with Crippen LogP contribution in [-0.4, -0.2) is 35.7 Å². The zero-order valence-corrected chi connectivity index (χ0v) is 16.9. The van der Waals surface area contributed by atoms with Crippen molar-refractivity contribution in [3.05, 3.63) is 29.3 Å². The van der Waals surface area contributed by atoms with Gasteiger partial charge in [-0.05, 0) is 49.4 Å². The van der Waals surface area contributed by atoms with Gasteiger partial charge in [0.1, 0.15) is 6.17 Å². The Bertz CT molecular complexity index is 835. The van der Waals surface area contributed by atoms with Crippen molar-refractivity contribution in [2.24, 2.45) is 11.8 Å². The minimum Gasteiger partial charge on any atom is -0.368 e. The summed E-state index contributed by atoms with van der Waals surface area (Å²) in [5, 5.41) is 22.1. The summed E-state index contributed by atoms with van der Waals surface area (Å²) < 4.78 is 0. The Labute approximate surface area is 172 Å². The average Bonchev–Trinajstić information content (AvgIpc) is 3.29. The molecule has 3 fully saturated rings. The number of hydrazine groups is 1. The molecule has 5 rings (SSSR count). The van der Waals surface area contributed by atoms with Crippen molar-refractivity contribution < 1.29 is 4.79 Å². The molecule has 4 aliphatic rings. The number of carbonyl (C=O) groups excluding carboxylic acids is 1. The second-order valence-corrected chi connectivity index (χ2v) is 8.93. The Hall–Kier alpha value is -2.14. The fraction of sp³-hybridized carbons (Fsp3) is 0.636. The number of nitrogens with zero attached hydrogens (tertiary/aromatic N) is 2. The number of benzene rings is 1. The Morgan fingerprint density at radius 1 is 1.21 bits per heavy atom. The van der Waals surface area contributed by atoms with Crippen LogP contribution in [0.3, 0.4) is 0 Å². The molecule has 4 unspecified atom stereocenters. The molecule has 3 aliphatic heterocycles. The first-order chi connectivity index (χ1) is 14.2. The van der Waals surface area contributed by atoms with E-state index in [-0.39, 0.29) is 36.0 Å². The van der Waals surface area contributed by atoms with Crippen molar-refractivity contribution in [3.63, 3.8) is 0 Å². The van der Waals surface area contributed by atoms with Crippen molar-refractivity contribution in [2.75, 3.05) is 11.9 Å². The highest BCUT2D eigenvalue weighted by Crippen LogP contribution is 2.37. The molecular weight excluding hydrogens is 364 g/mol. The van der Waals surface area contributed by atoms with Crippen LogP contribution in [0.15, 0.2) is 18.2 Å². The predicted molar refractivity (Wildman–Crippen MR) is 110 cm³/mol. The number of amides is 1. The monoisotopic (exact) mass is 394 g/mol. The third kappa shape index (κ3) is 3.29. The highest BCUT2D eigenvalue weighted by molar-refractivity contribution is 5.82. The maximum atomic E-state index is 12.8. The topological polar surface area (TPSA) is 92.2 Å². The number of nitriles is 1. The molecule has 1 aromatic carbocycles. The molecule has 0 aromatic heterocycles. The minimum absolute atomic E-state index is 0.0354. The molecule has 154 valence electrons. The smallest absolute Gasteiger partial charge is 0.228 e. The quantitative estimate of drug-likeness (QED) is 0.627. The van der Waals surface area contributed by atoms with Gasteiger partial charge in [-0.3, -0.25) is 4.79 Å². The number of fused-ring (bicyclic) bond motifs is 2. The average molecular weight is 395 g/mol. The summed E-state index contributed by atoms with van der Waals surface area (Å²) >= 11 is 0. The Kier molecular flexibility index (Phi) is 4.94. The van der Waals surface area contributed by atoms with Crippen LogP contribution in [0.1, 0.15) is 56.2 Å². The van der Waals surface area contributed by atoms with Crippen molar-refractivity contribution in [2.45, 2.75) is 69.9 Å². The molecule has 1 saturated carbocycles. The maximum absolute atomic E-state index is 12.8. The SMILES string of the molecule is CC1NCc2cc(NC3NN([C@H]4CCCC[C@@H]4C#N)C4CCNC(=O)C34)ccc21. The second kappa shape index (κ2) is 7.60. The van der Waals surface area contributed by atoms with E-state index in [4.69, 9.17) is 0 Å². The zero-order valence-electron chi connectivity index (χ0n) is 16.9. The fourth-order valence-corrected chi connectivity index (χ4v) is 5.72. The summed E-state index contributed by atoms with van der Waals surface area (Å²) in [4.78, 5) is 12.8. The normalized spacial score (nSPS) is 36.8. The third-order valence-electron chi connectivity index (χ3n) is 7.24. The van der Waals surface area contributed by atoms with Gasteiger partial charge in [0, 0.05) is 36.9 Å². The molecule has 29 heavy (non-hydrogen) atoms. The predicted octanol–water partition coefficient (Wildman–Crippen LogP) is 2.00. The van der Waals surface area contributed by atoms with Gasteiger partial charge in [0.2, 0.25) is 5.91 Å². The molecule has 7 heteroatoms. The van der Waals surface area contributed by atoms with E-state index in [1.807, 2.05) is 0 Å². The molecule has 1 aliphatic carbocycles. The molecule has 0 radical (unpaired) electrons. The van der Waals surface area contributed by atoms with E-state index < -0.39 is 0 Å². The molecule has 7 nitrogen and oxygen atoms in total. The lowest BCUT2D eigenvalue weighted by Gasteiger charge is -2.39. The van der Waals surface area contributed by atoms with Gasteiger partial charge < -0.3 is 16.0 Å². The number of hydrogen-bond acceptors (Lipinski definition) is 6. The Morgan fingerprint density at radius 3 is 2.93 bits per heavy atom. The van der Waals surface area contributed by atoms with Crippen LogP contribution < -0.4 is 21.4 Å². The van der Waals surface area contributed by atoms with Crippen LogP contribution >= 0.6 is 0 Å². The second-order valence-electron chi connectivity index (χ2n) is 8.93. The summed E-state index contributed by atoms with van der Waals surface area (Å²) in [6, 6.07) is 9.73. The van der Waals surface area contributed by atoms with Crippen LogP contribution in [0.25, 0.3) is 0 Å². The lowest BCUT2D eigenvalue weighted by atomic mass is 9.83. The molecule has 2 saturated heterocycles. The molecule has 4 N–H and O–H groups in total. The molecular formula is C22H30N6O. The van der Waals surface area contributed by atoms with E-state index in [0.717, 1.165) is 44.3 Å². The van der Waals surface area contributed by atoms with Crippen LogP contribution in [0.5, 0.6) is 0 Å². The number of piperidine rings is 1. The molecule has 3 heterocycles. The number of carbonyl (C=O) groups is 1. The Morgan fingerprint density at radius 2 is 2.07 bits per heavy atom. The van der Waals surface area contributed by atoms with Gasteiger partial charge in [-0.15, -0.1) is 0 Å². The fourth-order valence-electron chi connectivity index (χ4n) is 5.72. The number of nitrogens with one attached hydrogen (secondary N) is 4. The van der Waals surface area contributed by atoms with E-state index in [0.29, 0.717) is 12.6 Å². The highest BCUT2D eigenvalue weighted by atomic mass is 16.2. The summed E-state index contributed by atoms with van der Waals surface area (Å²) in [5.41, 5.74) is 7.32. The number of rotatable bonds is 3. The van der Waals surface area contributed by atoms with Crippen LogP contribution in [0, 0.1) is 23.2 Å². The summed E-state index contributed by atoms with van der Waals surface area (Å²) in [6.45, 7) is 3.77. The van der Waals surface area contributed by atoms with Crippen molar-refractivity contribution in [1.82, 2.24) is 21.1 Å². The van der Waals surface area contributed by atoms with Crippen LogP contribution in [-0.2, 0) is 11.3 Å². The largest absolute Gasteiger partial charge is 0.368 e. The number of anilines is 1. The van der Waals surface area contributed by atoms with E-state index in [2.05, 4.69) is 57.6 Å². The lowest BCUT2D eigenvalue weighted by molar-refractivity contribution is -0.128. The van der Waals surface area contributed by atoms with Crippen molar-refractivity contribution >= 4 is 11.6 Å². The van der Waals surface area contributed by atoms with Crippen LogP contribution in [0.2, 0.25) is 0 Å². The standard InChI is InChI=1S/C22H30N6O/c1-13-17-7-6-16(10-15(17)12-25-13)26-21-20-19(8-9-24-22(20)29)28(27-21)18-5-3-2-4-14(18)11-23/h6-7,10,13-14,18-21,25-27H,2-5,8-9,12H2,1H3,(H,24,29)/t13?,14-,18+,19?,20?,21?/m1/s1. The van der Waals surface area contributed by atoms with Gasteiger partial charge in [-0.25, -0.2) is 10.4 Å². The van der Waals surface area contributed by atoms with Gasteiger partial charge >= 0.3 is 0 Å². The molecule has 1 amide bonds. The maximum Gasteiger partial charge on any atom is 0.228 e. The summed E-state index contributed by atoms with van der Waals surface area (Å²) in [7, 11) is 0. The molecule has 6 atom stereocenters. The molecule has 0 bridgehead atoms. The Balaban J connectivity index is 1.39. The van der Waals surface area contributed by atoms with Gasteiger partial charge in [0.25, 0.3) is 0 Å². The first-order valence-electron chi connectivity index (χ1n) is 11.0.